The molecular weight excluding hydrogens is 192 g/mol. The Kier molecular flexibility index (Phi) is 8.47. The highest BCUT2D eigenvalue weighted by Crippen LogP contribution is 1.90. The first-order chi connectivity index (χ1) is 7.26. The molecule has 0 unspecified atom stereocenters. The highest BCUT2D eigenvalue weighted by Gasteiger charge is 2.09. The Balaban J connectivity index is 3.85. The average Bonchev–Trinajstić information content (AvgIpc) is 2.24. The van der Waals surface area contributed by atoms with Crippen LogP contribution in [0.5, 0.6) is 0 Å². The lowest BCUT2D eigenvalue weighted by Crippen LogP contribution is -2.41. The number of carbonyl (C=O) groups excluding carboxylic acids is 1. The Hall–Kier alpha value is -1.29. The van der Waals surface area contributed by atoms with Crippen molar-refractivity contribution >= 4 is 6.03 Å². The maximum atomic E-state index is 11.5. The number of nitrogens with zero attached hydrogens (tertiary/aromatic N) is 1. The van der Waals surface area contributed by atoms with Crippen LogP contribution in [0.15, 0.2) is 24.8 Å². The summed E-state index contributed by atoms with van der Waals surface area (Å²) in [6.07, 6.45) is 6.40. The number of allylic oxidation sites excluding steroid dienone is 1. The minimum Gasteiger partial charge on any atom is -0.395 e. The average molecular weight is 212 g/mol. The van der Waals surface area contributed by atoms with E-state index < -0.39 is 0 Å². The molecule has 2 N–H and O–H groups in total. The van der Waals surface area contributed by atoms with E-state index in [0.717, 1.165) is 6.42 Å². The monoisotopic (exact) mass is 212 g/mol. The number of amides is 2. The van der Waals surface area contributed by atoms with Gasteiger partial charge < -0.3 is 15.3 Å². The number of aliphatic hydroxyl groups excluding tert-OH is 1. The Bertz CT molecular complexity index is 215. The molecule has 0 spiro atoms. The van der Waals surface area contributed by atoms with Gasteiger partial charge >= 0.3 is 6.03 Å². The van der Waals surface area contributed by atoms with Gasteiger partial charge in [0.1, 0.15) is 0 Å². The van der Waals surface area contributed by atoms with Crippen LogP contribution >= 0.6 is 0 Å². The first-order valence-electron chi connectivity index (χ1n) is 5.12. The summed E-state index contributed by atoms with van der Waals surface area (Å²) < 4.78 is 0. The van der Waals surface area contributed by atoms with E-state index in [1.54, 1.807) is 6.08 Å². The van der Waals surface area contributed by atoms with Crippen molar-refractivity contribution in [3.8, 4) is 0 Å². The van der Waals surface area contributed by atoms with Gasteiger partial charge in [0.25, 0.3) is 0 Å². The number of aliphatic hydroxyl groups is 1. The zero-order valence-electron chi connectivity index (χ0n) is 9.28. The topological polar surface area (TPSA) is 52.6 Å². The predicted octanol–water partition coefficient (Wildman–Crippen LogP) is 1.14. The van der Waals surface area contributed by atoms with E-state index in [2.05, 4.69) is 11.9 Å². The molecule has 0 saturated carbocycles. The number of carbonyl (C=O) groups is 1. The van der Waals surface area contributed by atoms with Crippen LogP contribution in [0.3, 0.4) is 0 Å². The molecule has 0 saturated heterocycles. The zero-order valence-corrected chi connectivity index (χ0v) is 9.28. The smallest absolute Gasteiger partial charge is 0.317 e. The van der Waals surface area contributed by atoms with Crippen molar-refractivity contribution < 1.29 is 9.90 Å². The number of urea groups is 1. The Labute approximate surface area is 91.3 Å². The fourth-order valence-corrected chi connectivity index (χ4v) is 1.09. The summed E-state index contributed by atoms with van der Waals surface area (Å²) in [6, 6.07) is -0.159. The Morgan fingerprint density at radius 1 is 1.60 bits per heavy atom. The molecule has 4 heteroatoms. The predicted molar refractivity (Wildman–Crippen MR) is 61.7 cm³/mol. The molecule has 0 aromatic carbocycles. The van der Waals surface area contributed by atoms with E-state index in [1.165, 1.54) is 4.90 Å². The lowest BCUT2D eigenvalue weighted by atomic mass is 10.4. The van der Waals surface area contributed by atoms with Crippen molar-refractivity contribution in [1.82, 2.24) is 10.2 Å². The third kappa shape index (κ3) is 6.74. The third-order valence-corrected chi connectivity index (χ3v) is 1.83. The van der Waals surface area contributed by atoms with Crippen LogP contribution in [0.4, 0.5) is 4.79 Å². The quantitative estimate of drug-likeness (QED) is 0.491. The van der Waals surface area contributed by atoms with Gasteiger partial charge in [-0.25, -0.2) is 4.79 Å². The SMILES string of the molecule is C=CCN(CCO)C(=O)NCCC=CC. The standard InChI is InChI=1S/C11H20N2O2/c1-3-5-6-7-12-11(15)13(8-4-2)9-10-14/h3-5,14H,2,6-10H2,1H3,(H,12,15). The third-order valence-electron chi connectivity index (χ3n) is 1.83. The molecule has 4 nitrogen and oxygen atoms in total. The van der Waals surface area contributed by atoms with Crippen LogP contribution in [0, 0.1) is 0 Å². The fraction of sp³-hybridized carbons (Fsp3) is 0.545. The molecule has 0 rings (SSSR count). The van der Waals surface area contributed by atoms with Gasteiger partial charge in [0.2, 0.25) is 0 Å². The summed E-state index contributed by atoms with van der Waals surface area (Å²) in [7, 11) is 0. The number of hydrogen-bond acceptors (Lipinski definition) is 2. The van der Waals surface area contributed by atoms with Crippen LogP contribution in [-0.2, 0) is 0 Å². The van der Waals surface area contributed by atoms with E-state index in [0.29, 0.717) is 19.6 Å². The largest absolute Gasteiger partial charge is 0.395 e. The molecule has 0 heterocycles. The molecule has 0 atom stereocenters. The van der Waals surface area contributed by atoms with Gasteiger partial charge in [-0.2, -0.15) is 0 Å². The molecule has 86 valence electrons. The lowest BCUT2D eigenvalue weighted by Gasteiger charge is -2.20. The summed E-state index contributed by atoms with van der Waals surface area (Å²) in [5.41, 5.74) is 0. The first-order valence-corrected chi connectivity index (χ1v) is 5.12. The molecular formula is C11H20N2O2. The Morgan fingerprint density at radius 2 is 2.33 bits per heavy atom. The number of nitrogens with one attached hydrogen (secondary N) is 1. The van der Waals surface area contributed by atoms with Gasteiger partial charge in [0, 0.05) is 19.6 Å². The van der Waals surface area contributed by atoms with Crippen molar-refractivity contribution in [2.75, 3.05) is 26.2 Å². The van der Waals surface area contributed by atoms with E-state index in [4.69, 9.17) is 5.11 Å². The second kappa shape index (κ2) is 9.27. The fourth-order valence-electron chi connectivity index (χ4n) is 1.09. The summed E-state index contributed by atoms with van der Waals surface area (Å²) in [5.74, 6) is 0. The lowest BCUT2D eigenvalue weighted by molar-refractivity contribution is 0.184. The van der Waals surface area contributed by atoms with Gasteiger partial charge in [-0.3, -0.25) is 0 Å². The number of rotatable bonds is 7. The second-order valence-electron chi connectivity index (χ2n) is 3.05. The molecule has 15 heavy (non-hydrogen) atoms. The molecule has 0 aliphatic heterocycles. The van der Waals surface area contributed by atoms with Gasteiger partial charge in [-0.1, -0.05) is 18.2 Å². The van der Waals surface area contributed by atoms with Gasteiger partial charge in [-0.05, 0) is 13.3 Å². The van der Waals surface area contributed by atoms with Crippen molar-refractivity contribution in [3.63, 3.8) is 0 Å². The molecule has 0 radical (unpaired) electrons. The highest BCUT2D eigenvalue weighted by molar-refractivity contribution is 5.74. The van der Waals surface area contributed by atoms with Crippen molar-refractivity contribution in [1.29, 1.82) is 0 Å². The molecule has 0 aromatic heterocycles. The maximum absolute atomic E-state index is 11.5. The van der Waals surface area contributed by atoms with E-state index in [9.17, 15) is 4.79 Å². The van der Waals surface area contributed by atoms with Crippen molar-refractivity contribution in [3.05, 3.63) is 24.8 Å². The zero-order chi connectivity index (χ0) is 11.5. The Morgan fingerprint density at radius 3 is 2.87 bits per heavy atom. The molecule has 0 bridgehead atoms. The van der Waals surface area contributed by atoms with E-state index in [-0.39, 0.29) is 12.6 Å². The van der Waals surface area contributed by atoms with E-state index in [1.807, 2.05) is 19.1 Å². The normalized spacial score (nSPS) is 10.3. The second-order valence-corrected chi connectivity index (χ2v) is 3.05. The molecule has 2 amide bonds. The number of hydrogen-bond donors (Lipinski definition) is 2. The van der Waals surface area contributed by atoms with Crippen LogP contribution in [0.25, 0.3) is 0 Å². The van der Waals surface area contributed by atoms with Crippen LogP contribution in [-0.4, -0.2) is 42.3 Å². The van der Waals surface area contributed by atoms with Crippen molar-refractivity contribution in [2.24, 2.45) is 0 Å². The summed E-state index contributed by atoms with van der Waals surface area (Å²) in [6.45, 7) is 6.87. The van der Waals surface area contributed by atoms with Gasteiger partial charge in [-0.15, -0.1) is 6.58 Å². The van der Waals surface area contributed by atoms with Crippen molar-refractivity contribution in [2.45, 2.75) is 13.3 Å². The minimum absolute atomic E-state index is 0.0316. The highest BCUT2D eigenvalue weighted by atomic mass is 16.3. The minimum atomic E-state index is -0.159. The molecule has 0 aliphatic carbocycles. The maximum Gasteiger partial charge on any atom is 0.317 e. The van der Waals surface area contributed by atoms with Gasteiger partial charge in [0.15, 0.2) is 0 Å². The van der Waals surface area contributed by atoms with Crippen LogP contribution in [0.1, 0.15) is 13.3 Å². The molecule has 0 aromatic rings. The molecule has 0 fully saturated rings. The summed E-state index contributed by atoms with van der Waals surface area (Å²) >= 11 is 0. The summed E-state index contributed by atoms with van der Waals surface area (Å²) in [5, 5.41) is 11.5. The van der Waals surface area contributed by atoms with Crippen LogP contribution < -0.4 is 5.32 Å². The first kappa shape index (κ1) is 13.7. The van der Waals surface area contributed by atoms with Gasteiger partial charge in [0.05, 0.1) is 6.61 Å². The van der Waals surface area contributed by atoms with Crippen LogP contribution in [0.2, 0.25) is 0 Å². The summed E-state index contributed by atoms with van der Waals surface area (Å²) in [4.78, 5) is 13.0. The van der Waals surface area contributed by atoms with E-state index >= 15 is 0 Å². The molecule has 0 aliphatic rings.